The van der Waals surface area contributed by atoms with Gasteiger partial charge in [0, 0.05) is 18.6 Å². The van der Waals surface area contributed by atoms with Crippen molar-refractivity contribution in [3.05, 3.63) is 63.7 Å². The number of carbonyl (C=O) groups is 1. The summed E-state index contributed by atoms with van der Waals surface area (Å²) in [6.07, 6.45) is 0.881. The number of nitro groups is 1. The van der Waals surface area contributed by atoms with Gasteiger partial charge >= 0.3 is 0 Å². The van der Waals surface area contributed by atoms with Crippen LogP contribution in [-0.4, -0.2) is 10.8 Å². The highest BCUT2D eigenvalue weighted by Gasteiger charge is 2.11. The first-order chi connectivity index (χ1) is 10.5. The number of nitro benzene ring substituents is 1. The number of benzene rings is 2. The monoisotopic (exact) mass is 299 g/mol. The molecular formula is C16H17N3O3. The zero-order valence-electron chi connectivity index (χ0n) is 12.2. The maximum atomic E-state index is 11.9. The van der Waals surface area contributed by atoms with Crippen molar-refractivity contribution < 1.29 is 9.72 Å². The molecule has 0 saturated heterocycles. The third kappa shape index (κ3) is 4.05. The van der Waals surface area contributed by atoms with Crippen molar-refractivity contribution in [3.63, 3.8) is 0 Å². The average molecular weight is 299 g/mol. The zero-order valence-corrected chi connectivity index (χ0v) is 12.2. The van der Waals surface area contributed by atoms with E-state index in [0.717, 1.165) is 11.1 Å². The fourth-order valence-electron chi connectivity index (χ4n) is 1.99. The summed E-state index contributed by atoms with van der Waals surface area (Å²) >= 11 is 0. The van der Waals surface area contributed by atoms with Crippen LogP contribution in [0.5, 0.6) is 0 Å². The second kappa shape index (κ2) is 6.71. The van der Waals surface area contributed by atoms with E-state index in [1.54, 1.807) is 0 Å². The standard InChI is InChI=1S/C16H17N3O3/c1-11-2-4-12(5-3-11)6-9-16(20)18-15-10-13(19(21)22)7-8-14(15)17/h2-5,7-8,10H,6,9,17H2,1H3,(H,18,20). The van der Waals surface area contributed by atoms with E-state index in [1.165, 1.54) is 18.2 Å². The quantitative estimate of drug-likeness (QED) is 0.503. The van der Waals surface area contributed by atoms with E-state index in [2.05, 4.69) is 5.32 Å². The Labute approximate surface area is 128 Å². The SMILES string of the molecule is Cc1ccc(CCC(=O)Nc2cc([N+](=O)[O-])ccc2N)cc1. The number of nitrogens with zero attached hydrogens (tertiary/aromatic N) is 1. The number of non-ortho nitro benzene ring substituents is 1. The lowest BCUT2D eigenvalue weighted by molar-refractivity contribution is -0.384. The minimum atomic E-state index is -0.526. The molecule has 0 saturated carbocycles. The van der Waals surface area contributed by atoms with Crippen LogP contribution >= 0.6 is 0 Å². The first-order valence-electron chi connectivity index (χ1n) is 6.85. The van der Waals surface area contributed by atoms with E-state index in [9.17, 15) is 14.9 Å². The second-order valence-corrected chi connectivity index (χ2v) is 5.06. The first kappa shape index (κ1) is 15.5. The maximum Gasteiger partial charge on any atom is 0.271 e. The minimum Gasteiger partial charge on any atom is -0.397 e. The highest BCUT2D eigenvalue weighted by molar-refractivity contribution is 5.94. The largest absolute Gasteiger partial charge is 0.397 e. The molecule has 2 aromatic rings. The molecule has 1 amide bonds. The highest BCUT2D eigenvalue weighted by atomic mass is 16.6. The van der Waals surface area contributed by atoms with Gasteiger partial charge in [-0.05, 0) is 25.0 Å². The number of nitrogens with one attached hydrogen (secondary N) is 1. The smallest absolute Gasteiger partial charge is 0.271 e. The Morgan fingerprint density at radius 2 is 1.91 bits per heavy atom. The molecule has 6 heteroatoms. The lowest BCUT2D eigenvalue weighted by Gasteiger charge is -2.08. The fraction of sp³-hybridized carbons (Fsp3) is 0.188. The lowest BCUT2D eigenvalue weighted by atomic mass is 10.1. The van der Waals surface area contributed by atoms with Crippen LogP contribution in [0.25, 0.3) is 0 Å². The molecule has 3 N–H and O–H groups in total. The molecule has 0 spiro atoms. The third-order valence-corrected chi connectivity index (χ3v) is 3.28. The average Bonchev–Trinajstić information content (AvgIpc) is 2.48. The van der Waals surface area contributed by atoms with Gasteiger partial charge in [0.2, 0.25) is 5.91 Å². The Balaban J connectivity index is 1.98. The zero-order chi connectivity index (χ0) is 16.1. The number of hydrogen-bond acceptors (Lipinski definition) is 4. The Morgan fingerprint density at radius 3 is 2.55 bits per heavy atom. The summed E-state index contributed by atoms with van der Waals surface area (Å²) < 4.78 is 0. The van der Waals surface area contributed by atoms with Crippen LogP contribution in [0.4, 0.5) is 17.1 Å². The summed E-state index contributed by atoms with van der Waals surface area (Å²) in [4.78, 5) is 22.2. The van der Waals surface area contributed by atoms with Gasteiger partial charge in [-0.25, -0.2) is 0 Å². The maximum absolute atomic E-state index is 11.9. The fourth-order valence-corrected chi connectivity index (χ4v) is 1.99. The van der Waals surface area contributed by atoms with Gasteiger partial charge in [-0.15, -0.1) is 0 Å². The summed E-state index contributed by atoms with van der Waals surface area (Å²) in [5.74, 6) is -0.229. The summed E-state index contributed by atoms with van der Waals surface area (Å²) in [5.41, 5.74) is 8.41. The Kier molecular flexibility index (Phi) is 4.73. The van der Waals surface area contributed by atoms with E-state index in [-0.39, 0.29) is 23.7 Å². The van der Waals surface area contributed by atoms with Crippen LogP contribution in [0, 0.1) is 17.0 Å². The Morgan fingerprint density at radius 1 is 1.23 bits per heavy atom. The normalized spacial score (nSPS) is 10.2. The van der Waals surface area contributed by atoms with Crippen LogP contribution in [0.15, 0.2) is 42.5 Å². The topological polar surface area (TPSA) is 98.3 Å². The van der Waals surface area contributed by atoms with Gasteiger partial charge in [0.05, 0.1) is 16.3 Å². The van der Waals surface area contributed by atoms with Crippen LogP contribution in [-0.2, 0) is 11.2 Å². The number of carbonyl (C=O) groups excluding carboxylic acids is 1. The number of anilines is 2. The first-order valence-corrected chi connectivity index (χ1v) is 6.85. The minimum absolute atomic E-state index is 0.108. The van der Waals surface area contributed by atoms with Crippen molar-refractivity contribution >= 4 is 23.0 Å². The van der Waals surface area contributed by atoms with Crippen molar-refractivity contribution in [2.24, 2.45) is 0 Å². The molecular weight excluding hydrogens is 282 g/mol. The molecule has 0 unspecified atom stereocenters. The molecule has 0 aliphatic carbocycles. The Bertz CT molecular complexity index is 696. The van der Waals surface area contributed by atoms with Crippen LogP contribution < -0.4 is 11.1 Å². The second-order valence-electron chi connectivity index (χ2n) is 5.06. The van der Waals surface area contributed by atoms with Gasteiger partial charge in [0.1, 0.15) is 0 Å². The molecule has 2 rings (SSSR count). The van der Waals surface area contributed by atoms with Gasteiger partial charge in [-0.2, -0.15) is 0 Å². The van der Waals surface area contributed by atoms with E-state index < -0.39 is 4.92 Å². The van der Waals surface area contributed by atoms with E-state index in [1.807, 2.05) is 31.2 Å². The summed E-state index contributed by atoms with van der Waals surface area (Å²) in [6, 6.07) is 11.9. The number of amides is 1. The molecule has 0 aliphatic heterocycles. The molecule has 0 atom stereocenters. The van der Waals surface area contributed by atoms with Crippen molar-refractivity contribution in [1.29, 1.82) is 0 Å². The number of hydrogen-bond donors (Lipinski definition) is 2. The van der Waals surface area contributed by atoms with Crippen LogP contribution in [0.3, 0.4) is 0 Å². The molecule has 22 heavy (non-hydrogen) atoms. The molecule has 0 aromatic heterocycles. The highest BCUT2D eigenvalue weighted by Crippen LogP contribution is 2.24. The molecule has 0 heterocycles. The van der Waals surface area contributed by atoms with Crippen LogP contribution in [0.1, 0.15) is 17.5 Å². The van der Waals surface area contributed by atoms with Crippen molar-refractivity contribution in [3.8, 4) is 0 Å². The molecule has 6 nitrogen and oxygen atoms in total. The summed E-state index contributed by atoms with van der Waals surface area (Å²) in [6.45, 7) is 2.00. The summed E-state index contributed by atoms with van der Waals surface area (Å²) in [5, 5.41) is 13.4. The predicted octanol–water partition coefficient (Wildman–Crippen LogP) is 3.06. The van der Waals surface area contributed by atoms with Gasteiger partial charge in [-0.1, -0.05) is 29.8 Å². The molecule has 0 radical (unpaired) electrons. The van der Waals surface area contributed by atoms with Crippen molar-refractivity contribution in [2.75, 3.05) is 11.1 Å². The molecule has 2 aromatic carbocycles. The lowest BCUT2D eigenvalue weighted by Crippen LogP contribution is -2.13. The summed E-state index contributed by atoms with van der Waals surface area (Å²) in [7, 11) is 0. The van der Waals surface area contributed by atoms with Gasteiger partial charge < -0.3 is 11.1 Å². The molecule has 114 valence electrons. The van der Waals surface area contributed by atoms with Gasteiger partial charge in [-0.3, -0.25) is 14.9 Å². The van der Waals surface area contributed by atoms with E-state index in [0.29, 0.717) is 12.1 Å². The van der Waals surface area contributed by atoms with E-state index in [4.69, 9.17) is 5.73 Å². The molecule has 0 aliphatic rings. The van der Waals surface area contributed by atoms with Crippen molar-refractivity contribution in [1.82, 2.24) is 0 Å². The number of nitrogen functional groups attached to an aromatic ring is 1. The third-order valence-electron chi connectivity index (χ3n) is 3.28. The molecule has 0 fully saturated rings. The van der Waals surface area contributed by atoms with Gasteiger partial charge in [0.25, 0.3) is 5.69 Å². The number of nitrogens with two attached hydrogens (primary N) is 1. The Hall–Kier alpha value is -2.89. The van der Waals surface area contributed by atoms with Gasteiger partial charge in [0.15, 0.2) is 0 Å². The predicted molar refractivity (Wildman–Crippen MR) is 85.6 cm³/mol. The number of rotatable bonds is 5. The molecule has 0 bridgehead atoms. The van der Waals surface area contributed by atoms with E-state index >= 15 is 0 Å². The van der Waals surface area contributed by atoms with Crippen molar-refractivity contribution in [2.45, 2.75) is 19.8 Å². The number of aryl methyl sites for hydroxylation is 2. The van der Waals surface area contributed by atoms with Crippen LogP contribution in [0.2, 0.25) is 0 Å².